The number of furan rings is 1. The summed E-state index contributed by atoms with van der Waals surface area (Å²) in [5.74, 6) is 1.53. The Kier molecular flexibility index (Phi) is 6.18. The van der Waals surface area contributed by atoms with Gasteiger partial charge in [-0.3, -0.25) is 4.79 Å². The molecule has 1 aliphatic carbocycles. The number of rotatable bonds is 6. The van der Waals surface area contributed by atoms with Crippen LogP contribution in [0.15, 0.2) is 71.1 Å². The van der Waals surface area contributed by atoms with Gasteiger partial charge in [0.25, 0.3) is 0 Å². The van der Waals surface area contributed by atoms with E-state index in [9.17, 15) is 10.1 Å². The van der Waals surface area contributed by atoms with Gasteiger partial charge in [0.15, 0.2) is 5.78 Å². The molecule has 1 aliphatic rings. The van der Waals surface area contributed by atoms with Crippen molar-refractivity contribution >= 4 is 16.8 Å². The lowest BCUT2D eigenvalue weighted by Crippen LogP contribution is -2.20. The van der Waals surface area contributed by atoms with E-state index < -0.39 is 0 Å². The largest absolute Gasteiger partial charge is 0.489 e. The molecule has 4 nitrogen and oxygen atoms in total. The molecule has 0 bridgehead atoms. The fourth-order valence-electron chi connectivity index (χ4n) is 4.71. The molecular weight excluding hydrogens is 422 g/mol. The maximum absolute atomic E-state index is 11.9. The number of nitriles is 1. The van der Waals surface area contributed by atoms with Crippen molar-refractivity contribution in [3.63, 3.8) is 0 Å². The zero-order chi connectivity index (χ0) is 23.5. The lowest BCUT2D eigenvalue weighted by atomic mass is 9.97. The highest BCUT2D eigenvalue weighted by molar-refractivity contribution is 5.97. The summed E-state index contributed by atoms with van der Waals surface area (Å²) in [7, 11) is 0. The monoisotopic (exact) mass is 449 g/mol. The SMILES string of the molecule is CCC(=O)c1ccc(-c2cc3cccc(-c4ccc(OC5CCCCC5)c(C#N)c4)c3o2)cc1. The first kappa shape index (κ1) is 22.0. The second kappa shape index (κ2) is 9.57. The van der Waals surface area contributed by atoms with E-state index in [-0.39, 0.29) is 11.9 Å². The molecule has 170 valence electrons. The zero-order valence-corrected chi connectivity index (χ0v) is 19.3. The van der Waals surface area contributed by atoms with Gasteiger partial charge in [-0.15, -0.1) is 0 Å². The molecule has 1 heterocycles. The third kappa shape index (κ3) is 4.34. The Morgan fingerprint density at radius 3 is 2.50 bits per heavy atom. The van der Waals surface area contributed by atoms with Crippen molar-refractivity contribution in [3.05, 3.63) is 77.9 Å². The highest BCUT2D eigenvalue weighted by Gasteiger charge is 2.18. The molecule has 1 saturated carbocycles. The summed E-state index contributed by atoms with van der Waals surface area (Å²) in [6, 6.07) is 23.7. The second-order valence-corrected chi connectivity index (χ2v) is 8.89. The van der Waals surface area contributed by atoms with Crippen molar-refractivity contribution in [2.24, 2.45) is 0 Å². The van der Waals surface area contributed by atoms with E-state index in [0.717, 1.165) is 46.3 Å². The predicted molar refractivity (Wildman–Crippen MR) is 134 cm³/mol. The maximum atomic E-state index is 11.9. The molecule has 0 radical (unpaired) electrons. The molecule has 0 aliphatic heterocycles. The predicted octanol–water partition coefficient (Wildman–Crippen LogP) is 7.94. The van der Waals surface area contributed by atoms with Gasteiger partial charge in [-0.2, -0.15) is 5.26 Å². The summed E-state index contributed by atoms with van der Waals surface area (Å²) >= 11 is 0. The Bertz CT molecular complexity index is 1370. The van der Waals surface area contributed by atoms with Crippen LogP contribution in [0.2, 0.25) is 0 Å². The minimum atomic E-state index is 0.127. The molecular formula is C30H27NO3. The van der Waals surface area contributed by atoms with Gasteiger partial charge in [0.05, 0.1) is 11.7 Å². The van der Waals surface area contributed by atoms with Gasteiger partial charge < -0.3 is 9.15 Å². The van der Waals surface area contributed by atoms with Gasteiger partial charge in [0.2, 0.25) is 0 Å². The fourth-order valence-corrected chi connectivity index (χ4v) is 4.71. The Hall–Kier alpha value is -3.84. The number of hydrogen-bond donors (Lipinski definition) is 0. The van der Waals surface area contributed by atoms with Crippen LogP contribution in [0.3, 0.4) is 0 Å². The van der Waals surface area contributed by atoms with E-state index >= 15 is 0 Å². The van der Waals surface area contributed by atoms with E-state index in [4.69, 9.17) is 9.15 Å². The number of benzene rings is 3. The van der Waals surface area contributed by atoms with Crippen molar-refractivity contribution in [1.29, 1.82) is 5.26 Å². The number of ketones is 1. The van der Waals surface area contributed by atoms with Gasteiger partial charge >= 0.3 is 0 Å². The molecule has 5 rings (SSSR count). The van der Waals surface area contributed by atoms with Crippen LogP contribution >= 0.6 is 0 Å². The molecule has 4 heteroatoms. The van der Waals surface area contributed by atoms with Crippen LogP contribution in [-0.2, 0) is 0 Å². The van der Waals surface area contributed by atoms with E-state index in [1.807, 2.05) is 73.7 Å². The summed E-state index contributed by atoms with van der Waals surface area (Å²) in [4.78, 5) is 11.9. The molecule has 0 spiro atoms. The van der Waals surface area contributed by atoms with E-state index in [0.29, 0.717) is 23.3 Å². The van der Waals surface area contributed by atoms with Gasteiger partial charge in [0.1, 0.15) is 23.2 Å². The number of hydrogen-bond acceptors (Lipinski definition) is 4. The normalized spacial score (nSPS) is 14.1. The van der Waals surface area contributed by atoms with Crippen LogP contribution in [0, 0.1) is 11.3 Å². The number of nitrogens with zero attached hydrogens (tertiary/aromatic N) is 1. The molecule has 1 fully saturated rings. The molecule has 3 aromatic carbocycles. The molecule has 0 atom stereocenters. The Morgan fingerprint density at radius 1 is 1.00 bits per heavy atom. The van der Waals surface area contributed by atoms with Gasteiger partial charge in [-0.1, -0.05) is 61.9 Å². The first-order valence-corrected chi connectivity index (χ1v) is 12.0. The first-order valence-electron chi connectivity index (χ1n) is 12.0. The summed E-state index contributed by atoms with van der Waals surface area (Å²) in [5.41, 5.74) is 4.80. The third-order valence-electron chi connectivity index (χ3n) is 6.61. The molecule has 4 aromatic rings. The van der Waals surface area contributed by atoms with E-state index in [1.54, 1.807) is 0 Å². The summed E-state index contributed by atoms with van der Waals surface area (Å²) < 4.78 is 12.5. The number of carbonyl (C=O) groups excluding carboxylic acids is 1. The molecule has 0 amide bonds. The van der Waals surface area contributed by atoms with Crippen LogP contribution in [0.4, 0.5) is 0 Å². The van der Waals surface area contributed by atoms with Crippen LogP contribution in [0.1, 0.15) is 61.4 Å². The minimum absolute atomic E-state index is 0.127. The lowest BCUT2D eigenvalue weighted by molar-refractivity contribution is 0.0988. The number of fused-ring (bicyclic) bond motifs is 1. The van der Waals surface area contributed by atoms with Crippen LogP contribution in [0.25, 0.3) is 33.4 Å². The molecule has 1 aromatic heterocycles. The molecule has 0 saturated heterocycles. The Labute approximate surface area is 199 Å². The minimum Gasteiger partial charge on any atom is -0.489 e. The average molecular weight is 450 g/mol. The smallest absolute Gasteiger partial charge is 0.162 e. The van der Waals surface area contributed by atoms with E-state index in [1.165, 1.54) is 19.3 Å². The van der Waals surface area contributed by atoms with Crippen molar-refractivity contribution in [2.75, 3.05) is 0 Å². The second-order valence-electron chi connectivity index (χ2n) is 8.89. The van der Waals surface area contributed by atoms with E-state index in [2.05, 4.69) is 6.07 Å². The first-order chi connectivity index (χ1) is 16.7. The fraction of sp³-hybridized carbons (Fsp3) is 0.267. The lowest BCUT2D eigenvalue weighted by Gasteiger charge is -2.23. The van der Waals surface area contributed by atoms with Crippen molar-refractivity contribution in [2.45, 2.75) is 51.6 Å². The van der Waals surface area contributed by atoms with Gasteiger partial charge in [0, 0.05) is 28.5 Å². The molecule has 0 N–H and O–H groups in total. The van der Waals surface area contributed by atoms with Gasteiger partial charge in [-0.25, -0.2) is 0 Å². The summed E-state index contributed by atoms with van der Waals surface area (Å²) in [6.07, 6.45) is 6.42. The van der Waals surface area contributed by atoms with Crippen LogP contribution < -0.4 is 4.74 Å². The number of Topliss-reactive ketones (excluding diaryl/α,β-unsaturated/α-hetero) is 1. The third-order valence-corrected chi connectivity index (χ3v) is 6.61. The van der Waals surface area contributed by atoms with Crippen molar-refractivity contribution in [3.8, 4) is 34.3 Å². The quantitative estimate of drug-likeness (QED) is 0.280. The van der Waals surface area contributed by atoms with Crippen LogP contribution in [0.5, 0.6) is 5.75 Å². The number of ether oxygens (including phenoxy) is 1. The number of para-hydroxylation sites is 1. The summed E-state index contributed by atoms with van der Waals surface area (Å²) in [6.45, 7) is 1.86. The number of carbonyl (C=O) groups is 1. The Morgan fingerprint density at radius 2 is 1.76 bits per heavy atom. The average Bonchev–Trinajstić information content (AvgIpc) is 3.34. The highest BCUT2D eigenvalue weighted by Crippen LogP contribution is 2.36. The van der Waals surface area contributed by atoms with Crippen LogP contribution in [-0.4, -0.2) is 11.9 Å². The Balaban J connectivity index is 1.47. The molecule has 34 heavy (non-hydrogen) atoms. The maximum Gasteiger partial charge on any atom is 0.162 e. The van der Waals surface area contributed by atoms with Crippen molar-refractivity contribution < 1.29 is 13.9 Å². The van der Waals surface area contributed by atoms with Gasteiger partial charge in [-0.05, 0) is 49.4 Å². The topological polar surface area (TPSA) is 63.2 Å². The molecule has 0 unspecified atom stereocenters. The summed E-state index contributed by atoms with van der Waals surface area (Å²) in [5, 5.41) is 10.8. The zero-order valence-electron chi connectivity index (χ0n) is 19.3. The standard InChI is InChI=1S/C30H27NO3/c1-2-27(32)20-11-13-21(14-12-20)29-18-23-7-6-10-26(30(23)34-29)22-15-16-28(24(17-22)19-31)33-25-8-4-3-5-9-25/h6-7,10-18,25H,2-5,8-9H2,1H3. The highest BCUT2D eigenvalue weighted by atomic mass is 16.5. The van der Waals surface area contributed by atoms with Crippen molar-refractivity contribution in [1.82, 2.24) is 0 Å².